The molecule has 0 aromatic carbocycles. The Morgan fingerprint density at radius 3 is 2.33 bits per heavy atom. The lowest BCUT2D eigenvalue weighted by molar-refractivity contribution is 0.378. The van der Waals surface area contributed by atoms with Crippen LogP contribution in [0.5, 0.6) is 0 Å². The topological polar surface area (TPSA) is 83.6 Å². The van der Waals surface area contributed by atoms with Crippen molar-refractivity contribution >= 4 is 10.3 Å². The molecule has 0 saturated carbocycles. The molecule has 0 rings (SSSR count). The van der Waals surface area contributed by atoms with Gasteiger partial charge in [-0.15, -0.1) is 11.0 Å². The molecular formula is C3H8N2O3S. The van der Waals surface area contributed by atoms with Crippen LogP contribution in [0.2, 0.25) is 0 Å². The highest BCUT2D eigenvalue weighted by atomic mass is 32.2. The van der Waals surface area contributed by atoms with E-state index in [-0.39, 0.29) is 11.0 Å². The molecule has 5 nitrogen and oxygen atoms in total. The molecule has 0 saturated heterocycles. The Kier molecular flexibility index (Phi) is 2.78. The van der Waals surface area contributed by atoms with Gasteiger partial charge in [-0.05, 0) is 0 Å². The van der Waals surface area contributed by atoms with E-state index < -0.39 is 10.3 Å². The largest absolute Gasteiger partial charge is 0.349 e. The van der Waals surface area contributed by atoms with Gasteiger partial charge in [0.15, 0.2) is 0 Å². The van der Waals surface area contributed by atoms with Gasteiger partial charge in [0.2, 0.25) is 0 Å². The summed E-state index contributed by atoms with van der Waals surface area (Å²) in [6.07, 6.45) is 1.26. The monoisotopic (exact) mass is 152 g/mol. The Labute approximate surface area is 53.6 Å². The molecule has 0 aliphatic rings. The summed E-state index contributed by atoms with van der Waals surface area (Å²) in [5, 5.41) is 0. The first kappa shape index (κ1) is 8.57. The molecule has 0 aliphatic carbocycles. The van der Waals surface area contributed by atoms with Crippen molar-refractivity contribution in [2.75, 3.05) is 6.54 Å². The Morgan fingerprint density at radius 2 is 2.22 bits per heavy atom. The first-order valence-electron chi connectivity index (χ1n) is 2.09. The Bertz CT molecular complexity index is 185. The Hall–Kier alpha value is -0.430. The van der Waals surface area contributed by atoms with Crippen molar-refractivity contribution in [1.29, 1.82) is 0 Å². The standard InChI is InChI=1S/C3H8N2O3S/c1-2-3-5(4)9(6,7)8/h2H,1,3-4H2,(H,6,7,8). The maximum absolute atomic E-state index is 10.0. The number of hydrogen-bond acceptors (Lipinski definition) is 3. The molecule has 0 radical (unpaired) electrons. The zero-order valence-corrected chi connectivity index (χ0v) is 5.50. The predicted molar refractivity (Wildman–Crippen MR) is 32.6 cm³/mol. The fraction of sp³-hybridized carbons (Fsp3) is 0.333. The van der Waals surface area contributed by atoms with Gasteiger partial charge in [-0.25, -0.2) is 0 Å². The van der Waals surface area contributed by atoms with Crippen LogP contribution < -0.4 is 5.84 Å². The zero-order chi connectivity index (χ0) is 7.49. The van der Waals surface area contributed by atoms with Crippen LogP contribution in [0, 0.1) is 0 Å². The summed E-state index contributed by atoms with van der Waals surface area (Å²) in [6.45, 7) is 3.12. The lowest BCUT2D eigenvalue weighted by atomic mass is 10.7. The average Bonchev–Trinajstić information content (AvgIpc) is 1.64. The molecule has 3 N–H and O–H groups in total. The van der Waals surface area contributed by atoms with Crippen molar-refractivity contribution in [3.63, 3.8) is 0 Å². The van der Waals surface area contributed by atoms with Crippen molar-refractivity contribution in [3.05, 3.63) is 12.7 Å². The number of hydrogen-bond donors (Lipinski definition) is 2. The van der Waals surface area contributed by atoms with Crippen LogP contribution >= 0.6 is 0 Å². The SMILES string of the molecule is C=CCN(N)S(=O)(=O)O. The van der Waals surface area contributed by atoms with Crippen LogP contribution in [0.3, 0.4) is 0 Å². The van der Waals surface area contributed by atoms with E-state index in [1.54, 1.807) is 0 Å². The van der Waals surface area contributed by atoms with Crippen molar-refractivity contribution in [2.45, 2.75) is 0 Å². The average molecular weight is 152 g/mol. The van der Waals surface area contributed by atoms with Crippen LogP contribution in [-0.4, -0.2) is 23.9 Å². The van der Waals surface area contributed by atoms with Gasteiger partial charge in [0.05, 0.1) is 0 Å². The van der Waals surface area contributed by atoms with E-state index in [0.29, 0.717) is 0 Å². The van der Waals surface area contributed by atoms with Crippen molar-refractivity contribution in [2.24, 2.45) is 5.84 Å². The second-order valence-corrected chi connectivity index (χ2v) is 2.70. The summed E-state index contributed by atoms with van der Waals surface area (Å²) >= 11 is 0. The van der Waals surface area contributed by atoms with Gasteiger partial charge < -0.3 is 0 Å². The van der Waals surface area contributed by atoms with Gasteiger partial charge in [-0.2, -0.15) is 8.42 Å². The van der Waals surface area contributed by atoms with Crippen LogP contribution in [0.25, 0.3) is 0 Å². The normalized spacial score (nSPS) is 11.9. The molecule has 9 heavy (non-hydrogen) atoms. The van der Waals surface area contributed by atoms with Gasteiger partial charge in [0, 0.05) is 6.54 Å². The fourth-order valence-corrected chi connectivity index (χ4v) is 0.515. The third-order valence-electron chi connectivity index (χ3n) is 0.605. The Morgan fingerprint density at radius 1 is 1.78 bits per heavy atom. The van der Waals surface area contributed by atoms with Crippen molar-refractivity contribution in [3.8, 4) is 0 Å². The highest BCUT2D eigenvalue weighted by Gasteiger charge is 2.10. The maximum atomic E-state index is 10.0. The van der Waals surface area contributed by atoms with E-state index in [4.69, 9.17) is 10.4 Å². The van der Waals surface area contributed by atoms with Crippen LogP contribution in [0.1, 0.15) is 0 Å². The zero-order valence-electron chi connectivity index (χ0n) is 4.69. The highest BCUT2D eigenvalue weighted by molar-refractivity contribution is 7.83. The fourth-order valence-electron chi connectivity index (χ4n) is 0.221. The smallest absolute Gasteiger partial charge is 0.272 e. The van der Waals surface area contributed by atoms with E-state index in [1.807, 2.05) is 0 Å². The first-order valence-corrected chi connectivity index (χ1v) is 3.49. The third-order valence-corrected chi connectivity index (χ3v) is 1.35. The van der Waals surface area contributed by atoms with E-state index in [1.165, 1.54) is 6.08 Å². The molecule has 0 fully saturated rings. The lowest BCUT2D eigenvalue weighted by Crippen LogP contribution is -2.36. The Balaban J connectivity index is 4.05. The van der Waals surface area contributed by atoms with Crippen molar-refractivity contribution < 1.29 is 13.0 Å². The first-order chi connectivity index (χ1) is 3.98. The quantitative estimate of drug-likeness (QED) is 0.239. The van der Waals surface area contributed by atoms with Gasteiger partial charge in [-0.1, -0.05) is 6.08 Å². The van der Waals surface area contributed by atoms with E-state index in [9.17, 15) is 8.42 Å². The highest BCUT2D eigenvalue weighted by Crippen LogP contribution is 1.86. The van der Waals surface area contributed by atoms with E-state index >= 15 is 0 Å². The summed E-state index contributed by atoms with van der Waals surface area (Å²) in [7, 11) is -4.23. The molecule has 0 atom stereocenters. The van der Waals surface area contributed by atoms with Gasteiger partial charge in [0.1, 0.15) is 0 Å². The minimum absolute atomic E-state index is 0.0984. The molecular weight excluding hydrogens is 144 g/mol. The second-order valence-electron chi connectivity index (χ2n) is 1.34. The summed E-state index contributed by atoms with van der Waals surface area (Å²) in [4.78, 5) is 0. The number of hydrazine groups is 1. The van der Waals surface area contributed by atoms with Gasteiger partial charge in [0.25, 0.3) is 0 Å². The van der Waals surface area contributed by atoms with Gasteiger partial charge >= 0.3 is 10.3 Å². The molecule has 0 amide bonds. The molecule has 0 aromatic rings. The van der Waals surface area contributed by atoms with Crippen LogP contribution in [-0.2, 0) is 10.3 Å². The maximum Gasteiger partial charge on any atom is 0.349 e. The third kappa shape index (κ3) is 3.20. The summed E-state index contributed by atoms with van der Waals surface area (Å²) in [6, 6.07) is 0. The molecule has 0 aliphatic heterocycles. The van der Waals surface area contributed by atoms with Crippen LogP contribution in [0.15, 0.2) is 12.7 Å². The number of nitrogens with zero attached hydrogens (tertiary/aromatic N) is 1. The minimum atomic E-state index is -4.23. The summed E-state index contributed by atoms with van der Waals surface area (Å²) in [5.41, 5.74) is 0. The van der Waals surface area contributed by atoms with E-state index in [2.05, 4.69) is 6.58 Å². The summed E-state index contributed by atoms with van der Waals surface area (Å²) in [5.74, 6) is 4.79. The molecule has 0 spiro atoms. The van der Waals surface area contributed by atoms with Crippen molar-refractivity contribution in [1.82, 2.24) is 4.41 Å². The molecule has 6 heteroatoms. The molecule has 0 unspecified atom stereocenters. The summed E-state index contributed by atoms with van der Waals surface area (Å²) < 4.78 is 28.5. The molecule has 0 heterocycles. The predicted octanol–water partition coefficient (Wildman–Crippen LogP) is -0.849. The second kappa shape index (κ2) is 2.92. The minimum Gasteiger partial charge on any atom is -0.272 e. The van der Waals surface area contributed by atoms with Crippen LogP contribution in [0.4, 0.5) is 0 Å². The number of rotatable bonds is 3. The molecule has 0 bridgehead atoms. The molecule has 0 aromatic heterocycles. The lowest BCUT2D eigenvalue weighted by Gasteiger charge is -2.07. The molecule has 54 valence electrons. The van der Waals surface area contributed by atoms with E-state index in [0.717, 1.165) is 0 Å². The van der Waals surface area contributed by atoms with Gasteiger partial charge in [-0.3, -0.25) is 10.4 Å². The number of nitrogens with two attached hydrogens (primary N) is 1.